The van der Waals surface area contributed by atoms with E-state index in [1.54, 1.807) is 0 Å². The number of hydrogen-bond acceptors (Lipinski definition) is 4. The Kier molecular flexibility index (Phi) is 2.95. The summed E-state index contributed by atoms with van der Waals surface area (Å²) in [6, 6.07) is 5.72. The first-order valence-corrected chi connectivity index (χ1v) is 5.19. The minimum atomic E-state index is -0.417. The van der Waals surface area contributed by atoms with E-state index >= 15 is 0 Å². The Morgan fingerprint density at radius 1 is 1.29 bits per heavy atom. The summed E-state index contributed by atoms with van der Waals surface area (Å²) in [6.45, 7) is 1.96. The van der Waals surface area contributed by atoms with E-state index in [0.717, 1.165) is 16.5 Å². The third kappa shape index (κ3) is 1.93. The van der Waals surface area contributed by atoms with Crippen molar-refractivity contribution in [2.75, 3.05) is 14.2 Å². The van der Waals surface area contributed by atoms with Crippen LogP contribution in [0.25, 0.3) is 10.9 Å². The fraction of sp³-hybridized carbons (Fsp3) is 0.231. The molecule has 0 fully saturated rings. The van der Waals surface area contributed by atoms with Crippen LogP contribution in [0.1, 0.15) is 15.9 Å². The molecular weight excluding hydrogens is 218 g/mol. The number of pyridine rings is 1. The van der Waals surface area contributed by atoms with Crippen molar-refractivity contribution in [2.24, 2.45) is 0 Å². The van der Waals surface area contributed by atoms with Gasteiger partial charge in [0.15, 0.2) is 5.75 Å². The summed E-state index contributed by atoms with van der Waals surface area (Å²) in [5.74, 6) is 0.00907. The van der Waals surface area contributed by atoms with Crippen LogP contribution in [0.3, 0.4) is 0 Å². The van der Waals surface area contributed by atoms with Gasteiger partial charge in [-0.25, -0.2) is 4.79 Å². The summed E-state index contributed by atoms with van der Waals surface area (Å²) < 4.78 is 9.93. The van der Waals surface area contributed by atoms with Crippen LogP contribution in [0.2, 0.25) is 0 Å². The fourth-order valence-corrected chi connectivity index (χ4v) is 1.76. The molecule has 0 aliphatic heterocycles. The van der Waals surface area contributed by atoms with Gasteiger partial charge < -0.3 is 9.47 Å². The van der Waals surface area contributed by atoms with Crippen molar-refractivity contribution < 1.29 is 14.3 Å². The number of rotatable bonds is 2. The smallest absolute Gasteiger partial charge is 0.342 e. The molecule has 0 saturated carbocycles. The predicted molar refractivity (Wildman–Crippen MR) is 64.4 cm³/mol. The van der Waals surface area contributed by atoms with E-state index in [2.05, 4.69) is 4.98 Å². The molecule has 0 saturated heterocycles. The summed E-state index contributed by atoms with van der Waals surface area (Å²) in [5.41, 5.74) is 2.22. The van der Waals surface area contributed by atoms with Crippen LogP contribution in [-0.4, -0.2) is 25.2 Å². The molecule has 1 aromatic heterocycles. The second-order valence-corrected chi connectivity index (χ2v) is 3.71. The Morgan fingerprint density at radius 3 is 2.71 bits per heavy atom. The van der Waals surface area contributed by atoms with Gasteiger partial charge in [-0.1, -0.05) is 11.6 Å². The Morgan fingerprint density at radius 2 is 2.06 bits per heavy atom. The minimum Gasteiger partial charge on any atom is -0.494 e. The van der Waals surface area contributed by atoms with Crippen LogP contribution in [-0.2, 0) is 4.74 Å². The molecule has 0 aliphatic carbocycles. The van der Waals surface area contributed by atoms with Crippen LogP contribution >= 0.6 is 0 Å². The summed E-state index contributed by atoms with van der Waals surface area (Å²) in [6.07, 6.45) is 1.53. The second kappa shape index (κ2) is 4.41. The molecule has 2 rings (SSSR count). The topological polar surface area (TPSA) is 48.4 Å². The normalized spacial score (nSPS) is 10.3. The van der Waals surface area contributed by atoms with E-state index in [9.17, 15) is 4.79 Å². The van der Waals surface area contributed by atoms with Crippen LogP contribution in [0.15, 0.2) is 24.4 Å². The van der Waals surface area contributed by atoms with Gasteiger partial charge in [0.1, 0.15) is 5.56 Å². The maximum atomic E-state index is 11.8. The lowest BCUT2D eigenvalue weighted by Crippen LogP contribution is -2.06. The first-order valence-electron chi connectivity index (χ1n) is 5.19. The standard InChI is InChI=1S/C13H13NO3/c1-8-4-5-10-9(6-8)12(13(15)17-3)11(16-2)7-14-10/h4-7H,1-3H3. The Bertz CT molecular complexity index is 578. The van der Waals surface area contributed by atoms with E-state index in [-0.39, 0.29) is 0 Å². The molecule has 88 valence electrons. The van der Waals surface area contributed by atoms with Crippen molar-refractivity contribution in [2.45, 2.75) is 6.92 Å². The monoisotopic (exact) mass is 231 g/mol. The van der Waals surface area contributed by atoms with Gasteiger partial charge in [-0.2, -0.15) is 0 Å². The van der Waals surface area contributed by atoms with Gasteiger partial charge in [0.05, 0.1) is 25.9 Å². The number of aryl methyl sites for hydroxylation is 1. The molecule has 0 aliphatic rings. The highest BCUT2D eigenvalue weighted by molar-refractivity contribution is 6.05. The second-order valence-electron chi connectivity index (χ2n) is 3.71. The first-order chi connectivity index (χ1) is 8.17. The van der Waals surface area contributed by atoms with E-state index in [0.29, 0.717) is 11.3 Å². The Balaban J connectivity index is 2.81. The van der Waals surface area contributed by atoms with Gasteiger partial charge >= 0.3 is 5.97 Å². The van der Waals surface area contributed by atoms with Gasteiger partial charge in [0.2, 0.25) is 0 Å². The molecule has 0 unspecified atom stereocenters. The average Bonchev–Trinajstić information content (AvgIpc) is 2.36. The maximum Gasteiger partial charge on any atom is 0.342 e. The molecule has 1 heterocycles. The molecule has 4 nitrogen and oxygen atoms in total. The summed E-state index contributed by atoms with van der Waals surface area (Å²) in [7, 11) is 2.86. The van der Waals surface area contributed by atoms with E-state index < -0.39 is 5.97 Å². The van der Waals surface area contributed by atoms with Crippen molar-refractivity contribution >= 4 is 16.9 Å². The first kappa shape index (κ1) is 11.4. The minimum absolute atomic E-state index is 0.417. The van der Waals surface area contributed by atoms with E-state index in [4.69, 9.17) is 9.47 Å². The molecule has 1 aromatic carbocycles. The number of fused-ring (bicyclic) bond motifs is 1. The lowest BCUT2D eigenvalue weighted by molar-refractivity contribution is 0.0599. The molecule has 0 N–H and O–H groups in total. The number of esters is 1. The van der Waals surface area contributed by atoms with Gasteiger partial charge in [0, 0.05) is 5.39 Å². The number of benzene rings is 1. The van der Waals surface area contributed by atoms with E-state index in [1.165, 1.54) is 20.4 Å². The third-order valence-electron chi connectivity index (χ3n) is 2.60. The lowest BCUT2D eigenvalue weighted by Gasteiger charge is -2.09. The van der Waals surface area contributed by atoms with Crippen LogP contribution < -0.4 is 4.74 Å². The largest absolute Gasteiger partial charge is 0.494 e. The zero-order valence-corrected chi connectivity index (χ0v) is 9.98. The molecule has 4 heteroatoms. The highest BCUT2D eigenvalue weighted by Crippen LogP contribution is 2.27. The predicted octanol–water partition coefficient (Wildman–Crippen LogP) is 2.34. The highest BCUT2D eigenvalue weighted by Gasteiger charge is 2.17. The number of hydrogen-bond donors (Lipinski definition) is 0. The van der Waals surface area contributed by atoms with Crippen molar-refractivity contribution in [1.29, 1.82) is 0 Å². The third-order valence-corrected chi connectivity index (χ3v) is 2.60. The number of carbonyl (C=O) groups excluding carboxylic acids is 1. The van der Waals surface area contributed by atoms with Crippen molar-refractivity contribution in [3.63, 3.8) is 0 Å². The van der Waals surface area contributed by atoms with Gasteiger partial charge in [-0.05, 0) is 19.1 Å². The molecule has 0 radical (unpaired) electrons. The summed E-state index contributed by atoms with van der Waals surface area (Å²) in [4.78, 5) is 16.0. The van der Waals surface area contributed by atoms with Crippen LogP contribution in [0.4, 0.5) is 0 Å². The molecule has 0 amide bonds. The molecule has 0 atom stereocenters. The molecule has 2 aromatic rings. The molecule has 0 spiro atoms. The van der Waals surface area contributed by atoms with Gasteiger partial charge in [0.25, 0.3) is 0 Å². The summed E-state index contributed by atoms with van der Waals surface area (Å²) in [5, 5.41) is 0.746. The van der Waals surface area contributed by atoms with Crippen molar-refractivity contribution in [3.05, 3.63) is 35.5 Å². The number of aromatic nitrogens is 1. The fourth-order valence-electron chi connectivity index (χ4n) is 1.76. The van der Waals surface area contributed by atoms with Crippen molar-refractivity contribution in [1.82, 2.24) is 4.98 Å². The Labute approximate surface area is 99.2 Å². The SMILES string of the molecule is COC(=O)c1c(OC)cnc2ccc(C)cc12. The number of ether oxygens (including phenoxy) is 2. The van der Waals surface area contributed by atoms with Gasteiger partial charge in [-0.15, -0.1) is 0 Å². The molecule has 0 bridgehead atoms. The highest BCUT2D eigenvalue weighted by atomic mass is 16.5. The van der Waals surface area contributed by atoms with Crippen LogP contribution in [0.5, 0.6) is 5.75 Å². The number of methoxy groups -OCH3 is 2. The molecule has 17 heavy (non-hydrogen) atoms. The van der Waals surface area contributed by atoms with Crippen molar-refractivity contribution in [3.8, 4) is 5.75 Å². The average molecular weight is 231 g/mol. The quantitative estimate of drug-likeness (QED) is 0.744. The number of carbonyl (C=O) groups is 1. The number of nitrogens with zero attached hydrogens (tertiary/aromatic N) is 1. The zero-order valence-electron chi connectivity index (χ0n) is 9.98. The zero-order chi connectivity index (χ0) is 12.4. The lowest BCUT2D eigenvalue weighted by atomic mass is 10.1. The van der Waals surface area contributed by atoms with E-state index in [1.807, 2.05) is 25.1 Å². The van der Waals surface area contributed by atoms with Gasteiger partial charge in [-0.3, -0.25) is 4.98 Å². The molecular formula is C13H13NO3. The maximum absolute atomic E-state index is 11.8. The summed E-state index contributed by atoms with van der Waals surface area (Å²) >= 11 is 0. The van der Waals surface area contributed by atoms with Crippen LogP contribution in [0, 0.1) is 6.92 Å². The Hall–Kier alpha value is -2.10.